The molecule has 1 aromatic heterocycles. The molecule has 3 rings (SSSR count). The topological polar surface area (TPSA) is 76.0 Å². The highest BCUT2D eigenvalue weighted by Gasteiger charge is 2.21. The summed E-state index contributed by atoms with van der Waals surface area (Å²) < 4.78 is 1.88. The predicted molar refractivity (Wildman–Crippen MR) is 116 cm³/mol. The second-order valence-corrected chi connectivity index (χ2v) is 7.74. The van der Waals surface area contributed by atoms with Gasteiger partial charge in [0.15, 0.2) is 0 Å². The van der Waals surface area contributed by atoms with Crippen LogP contribution < -0.4 is 10.6 Å². The van der Waals surface area contributed by atoms with E-state index in [1.54, 1.807) is 0 Å². The van der Waals surface area contributed by atoms with E-state index in [2.05, 4.69) is 15.6 Å². The predicted octanol–water partition coefficient (Wildman–Crippen LogP) is 4.13. The fourth-order valence-electron chi connectivity index (χ4n) is 3.37. The smallest absolute Gasteiger partial charge is 0.244 e. The van der Waals surface area contributed by atoms with Crippen LogP contribution in [0.4, 0.5) is 5.69 Å². The monoisotopic (exact) mass is 392 g/mol. The highest BCUT2D eigenvalue weighted by Crippen LogP contribution is 2.23. The Morgan fingerprint density at radius 3 is 2.31 bits per heavy atom. The molecule has 0 aliphatic heterocycles. The molecule has 6 heteroatoms. The largest absolute Gasteiger partial charge is 0.346 e. The number of imidazole rings is 1. The van der Waals surface area contributed by atoms with E-state index in [0.29, 0.717) is 5.82 Å². The summed E-state index contributed by atoms with van der Waals surface area (Å²) in [4.78, 5) is 29.7. The van der Waals surface area contributed by atoms with Crippen molar-refractivity contribution < 1.29 is 9.59 Å². The molecule has 0 saturated carbocycles. The van der Waals surface area contributed by atoms with Gasteiger partial charge < -0.3 is 15.2 Å². The lowest BCUT2D eigenvalue weighted by molar-refractivity contribution is -0.124. The number of amides is 2. The molecule has 2 N–H and O–H groups in total. The number of nitrogens with zero attached hydrogens (tertiary/aromatic N) is 2. The average Bonchev–Trinajstić information content (AvgIpc) is 3.03. The number of anilines is 1. The molecule has 0 bridgehead atoms. The molecular weight excluding hydrogens is 364 g/mol. The van der Waals surface area contributed by atoms with Gasteiger partial charge >= 0.3 is 0 Å². The Labute approximate surface area is 171 Å². The SMILES string of the molecule is Cc1cccc(C)c1NC(=O)Cn1c(C(C)NC(=O)C(C)C)nc2ccccc21. The van der Waals surface area contributed by atoms with Crippen molar-refractivity contribution in [3.8, 4) is 0 Å². The van der Waals surface area contributed by atoms with Crippen molar-refractivity contribution in [2.45, 2.75) is 47.2 Å². The van der Waals surface area contributed by atoms with Crippen molar-refractivity contribution in [2.75, 3.05) is 5.32 Å². The minimum Gasteiger partial charge on any atom is -0.346 e. The third-order valence-corrected chi connectivity index (χ3v) is 5.00. The molecule has 1 unspecified atom stereocenters. The number of carbonyl (C=O) groups is 2. The van der Waals surface area contributed by atoms with Gasteiger partial charge in [-0.3, -0.25) is 9.59 Å². The Balaban J connectivity index is 1.91. The molecular formula is C23H28N4O2. The lowest BCUT2D eigenvalue weighted by Gasteiger charge is -2.18. The first-order valence-corrected chi connectivity index (χ1v) is 9.89. The molecule has 1 atom stereocenters. The van der Waals surface area contributed by atoms with Gasteiger partial charge in [-0.1, -0.05) is 44.2 Å². The van der Waals surface area contributed by atoms with Gasteiger partial charge in [0.2, 0.25) is 11.8 Å². The van der Waals surface area contributed by atoms with Crippen molar-refractivity contribution >= 4 is 28.5 Å². The Morgan fingerprint density at radius 1 is 1.00 bits per heavy atom. The number of rotatable bonds is 6. The molecule has 0 spiro atoms. The van der Waals surface area contributed by atoms with E-state index >= 15 is 0 Å². The molecule has 2 aromatic carbocycles. The number of benzene rings is 2. The van der Waals surface area contributed by atoms with E-state index in [1.165, 1.54) is 0 Å². The van der Waals surface area contributed by atoms with Crippen LogP contribution in [0.2, 0.25) is 0 Å². The zero-order valence-corrected chi connectivity index (χ0v) is 17.6. The molecule has 6 nitrogen and oxygen atoms in total. The lowest BCUT2D eigenvalue weighted by atomic mass is 10.1. The van der Waals surface area contributed by atoms with Crippen molar-refractivity contribution in [1.82, 2.24) is 14.9 Å². The second kappa shape index (κ2) is 8.47. The Hall–Kier alpha value is -3.15. The van der Waals surface area contributed by atoms with Crippen LogP contribution >= 0.6 is 0 Å². The highest BCUT2D eigenvalue weighted by atomic mass is 16.2. The van der Waals surface area contributed by atoms with E-state index < -0.39 is 0 Å². The maximum absolute atomic E-state index is 12.9. The third kappa shape index (κ3) is 4.47. The summed E-state index contributed by atoms with van der Waals surface area (Å²) >= 11 is 0. The molecule has 0 aliphatic rings. The molecule has 3 aromatic rings. The number of aromatic nitrogens is 2. The third-order valence-electron chi connectivity index (χ3n) is 5.00. The fraction of sp³-hybridized carbons (Fsp3) is 0.348. The van der Waals surface area contributed by atoms with Crippen molar-refractivity contribution in [1.29, 1.82) is 0 Å². The Kier molecular flexibility index (Phi) is 6.01. The molecule has 2 amide bonds. The fourth-order valence-corrected chi connectivity index (χ4v) is 3.37. The van der Waals surface area contributed by atoms with E-state index in [-0.39, 0.29) is 30.3 Å². The summed E-state index contributed by atoms with van der Waals surface area (Å²) in [6, 6.07) is 13.3. The van der Waals surface area contributed by atoms with Crippen LogP contribution in [-0.4, -0.2) is 21.4 Å². The minimum atomic E-state index is -0.315. The van der Waals surface area contributed by atoms with Crippen LogP contribution in [0.5, 0.6) is 0 Å². The maximum atomic E-state index is 12.9. The number of hydrogen-bond donors (Lipinski definition) is 2. The van der Waals surface area contributed by atoms with Crippen LogP contribution in [0.3, 0.4) is 0 Å². The van der Waals surface area contributed by atoms with Crippen molar-refractivity contribution in [3.63, 3.8) is 0 Å². The average molecular weight is 393 g/mol. The second-order valence-electron chi connectivity index (χ2n) is 7.74. The standard InChI is InChI=1S/C23H28N4O2/c1-14(2)23(29)24-17(5)22-25-18-11-6-7-12-19(18)27(22)13-20(28)26-21-15(3)9-8-10-16(21)4/h6-12,14,17H,13H2,1-5H3,(H,24,29)(H,26,28). The summed E-state index contributed by atoms with van der Waals surface area (Å²) in [5.74, 6) is 0.366. The summed E-state index contributed by atoms with van der Waals surface area (Å²) in [5, 5.41) is 6.02. The van der Waals surface area contributed by atoms with Gasteiger partial charge in [0.05, 0.1) is 17.1 Å². The minimum absolute atomic E-state index is 0.0453. The Morgan fingerprint density at radius 2 is 1.66 bits per heavy atom. The number of aryl methyl sites for hydroxylation is 2. The van der Waals surface area contributed by atoms with Gasteiger partial charge in [-0.2, -0.15) is 0 Å². The molecule has 1 heterocycles. The van der Waals surface area contributed by atoms with Gasteiger partial charge in [0, 0.05) is 11.6 Å². The quantitative estimate of drug-likeness (QED) is 0.662. The van der Waals surface area contributed by atoms with E-state index in [4.69, 9.17) is 0 Å². The first kappa shape index (κ1) is 20.6. The van der Waals surface area contributed by atoms with Crippen molar-refractivity contribution in [2.24, 2.45) is 5.92 Å². The van der Waals surface area contributed by atoms with Crippen LogP contribution in [0, 0.1) is 19.8 Å². The van der Waals surface area contributed by atoms with Crippen LogP contribution in [-0.2, 0) is 16.1 Å². The van der Waals surface area contributed by atoms with E-state index in [9.17, 15) is 9.59 Å². The number of nitrogens with one attached hydrogen (secondary N) is 2. The van der Waals surface area contributed by atoms with Gasteiger partial charge in [-0.15, -0.1) is 0 Å². The first-order chi connectivity index (χ1) is 13.8. The number of carbonyl (C=O) groups excluding carboxylic acids is 2. The number of hydrogen-bond acceptors (Lipinski definition) is 3. The summed E-state index contributed by atoms with van der Waals surface area (Å²) in [7, 11) is 0. The number of fused-ring (bicyclic) bond motifs is 1. The zero-order valence-electron chi connectivity index (χ0n) is 17.6. The maximum Gasteiger partial charge on any atom is 0.244 e. The molecule has 0 aliphatic carbocycles. The zero-order chi connectivity index (χ0) is 21.1. The van der Waals surface area contributed by atoms with Crippen molar-refractivity contribution in [3.05, 3.63) is 59.4 Å². The van der Waals surface area contributed by atoms with Gasteiger partial charge in [-0.05, 0) is 44.0 Å². The van der Waals surface area contributed by atoms with Gasteiger partial charge in [0.1, 0.15) is 12.4 Å². The van der Waals surface area contributed by atoms with Gasteiger partial charge in [0.25, 0.3) is 0 Å². The molecule has 152 valence electrons. The summed E-state index contributed by atoms with van der Waals surface area (Å²) in [6.45, 7) is 9.66. The lowest BCUT2D eigenvalue weighted by Crippen LogP contribution is -2.32. The van der Waals surface area contributed by atoms with Crippen LogP contribution in [0.25, 0.3) is 11.0 Å². The van der Waals surface area contributed by atoms with Crippen LogP contribution in [0.1, 0.15) is 43.8 Å². The van der Waals surface area contributed by atoms with Crippen LogP contribution in [0.15, 0.2) is 42.5 Å². The first-order valence-electron chi connectivity index (χ1n) is 9.89. The summed E-state index contributed by atoms with van der Waals surface area (Å²) in [5.41, 5.74) is 4.54. The molecule has 0 saturated heterocycles. The number of para-hydroxylation sites is 3. The summed E-state index contributed by atoms with van der Waals surface area (Å²) in [6.07, 6.45) is 0. The van der Waals surface area contributed by atoms with E-state index in [0.717, 1.165) is 27.8 Å². The van der Waals surface area contributed by atoms with E-state index in [1.807, 2.05) is 81.7 Å². The molecule has 0 fully saturated rings. The normalized spacial score (nSPS) is 12.2. The highest BCUT2D eigenvalue weighted by molar-refractivity contribution is 5.93. The van der Waals surface area contributed by atoms with Gasteiger partial charge in [-0.25, -0.2) is 4.98 Å². The Bertz CT molecular complexity index is 1030. The molecule has 0 radical (unpaired) electrons. The molecule has 29 heavy (non-hydrogen) atoms.